The molecule has 0 fully saturated rings. The lowest BCUT2D eigenvalue weighted by atomic mass is 9.89. The third-order valence-electron chi connectivity index (χ3n) is 5.16. The van der Waals surface area contributed by atoms with E-state index in [1.54, 1.807) is 35.6 Å². The van der Waals surface area contributed by atoms with Gasteiger partial charge in [0.1, 0.15) is 15.7 Å². The van der Waals surface area contributed by atoms with Gasteiger partial charge in [0.05, 0.1) is 18.4 Å². The Morgan fingerprint density at radius 1 is 1.27 bits per heavy atom. The number of esters is 1. The molecule has 1 aliphatic carbocycles. The predicted octanol–water partition coefficient (Wildman–Crippen LogP) is 4.64. The highest BCUT2D eigenvalue weighted by molar-refractivity contribution is 8.00. The van der Waals surface area contributed by atoms with Crippen molar-refractivity contribution in [3.8, 4) is 0 Å². The summed E-state index contributed by atoms with van der Waals surface area (Å²) in [5, 5.41) is 4.89. The van der Waals surface area contributed by atoms with E-state index in [0.717, 1.165) is 33.9 Å². The van der Waals surface area contributed by atoms with Crippen LogP contribution in [0.2, 0.25) is 0 Å². The quantitative estimate of drug-likeness (QED) is 0.353. The van der Waals surface area contributed by atoms with Crippen molar-refractivity contribution in [3.63, 3.8) is 0 Å². The molecule has 1 aromatic carbocycles. The number of thioether (sulfide) groups is 1. The van der Waals surface area contributed by atoms with Crippen LogP contribution in [0.5, 0.6) is 0 Å². The van der Waals surface area contributed by atoms with E-state index in [4.69, 9.17) is 0 Å². The van der Waals surface area contributed by atoms with Crippen molar-refractivity contribution < 1.29 is 14.3 Å². The molecule has 0 spiro atoms. The first kappa shape index (κ1) is 20.8. The van der Waals surface area contributed by atoms with Gasteiger partial charge in [0.25, 0.3) is 0 Å². The highest BCUT2D eigenvalue weighted by atomic mass is 32.2. The number of carbonyl (C=O) groups is 2. The molecule has 156 valence electrons. The zero-order chi connectivity index (χ0) is 21.3. The molecule has 0 saturated heterocycles. The fraction of sp³-hybridized carbons (Fsp3) is 0.364. The van der Waals surface area contributed by atoms with Gasteiger partial charge in [-0.2, -0.15) is 0 Å². The fourth-order valence-electron chi connectivity index (χ4n) is 3.65. The van der Waals surface area contributed by atoms with E-state index in [0.29, 0.717) is 17.2 Å². The number of nitrogens with one attached hydrogen (secondary N) is 1. The van der Waals surface area contributed by atoms with Gasteiger partial charge < -0.3 is 10.1 Å². The van der Waals surface area contributed by atoms with Crippen LogP contribution in [0.1, 0.15) is 40.0 Å². The number of thiophene rings is 1. The van der Waals surface area contributed by atoms with Crippen LogP contribution >= 0.6 is 23.1 Å². The lowest BCUT2D eigenvalue weighted by Gasteiger charge is -2.18. The van der Waals surface area contributed by atoms with Gasteiger partial charge in [-0.25, -0.2) is 14.8 Å². The molecule has 0 radical (unpaired) electrons. The number of amides is 1. The van der Waals surface area contributed by atoms with Gasteiger partial charge in [-0.3, -0.25) is 4.79 Å². The summed E-state index contributed by atoms with van der Waals surface area (Å²) in [4.78, 5) is 35.7. The van der Waals surface area contributed by atoms with E-state index < -0.39 is 5.97 Å². The number of methoxy groups -OCH3 is 1. The van der Waals surface area contributed by atoms with E-state index in [1.165, 1.54) is 35.7 Å². The summed E-state index contributed by atoms with van der Waals surface area (Å²) < 4.78 is 4.69. The number of benzene rings is 1. The number of rotatable bonds is 5. The molecular weight excluding hydrogens is 418 g/mol. The lowest BCUT2D eigenvalue weighted by Crippen LogP contribution is -2.14. The van der Waals surface area contributed by atoms with Crippen molar-refractivity contribution in [2.45, 2.75) is 38.1 Å². The summed E-state index contributed by atoms with van der Waals surface area (Å²) in [5.74, 6) is 1.17. The predicted molar refractivity (Wildman–Crippen MR) is 120 cm³/mol. The highest BCUT2D eigenvalue weighted by Crippen LogP contribution is 2.40. The van der Waals surface area contributed by atoms with Gasteiger partial charge in [-0.05, 0) is 61.9 Å². The van der Waals surface area contributed by atoms with Gasteiger partial charge in [0.2, 0.25) is 5.91 Å². The SMILES string of the molecule is COC(=O)c1ccc(NC(=O)CSc2nc(C)nc3sc4c(c23)CC[C@@H](C)C4)cc1. The van der Waals surface area contributed by atoms with Crippen LogP contribution in [-0.2, 0) is 22.4 Å². The van der Waals surface area contributed by atoms with Crippen molar-refractivity contribution >= 4 is 50.9 Å². The number of nitrogens with zero attached hydrogens (tertiary/aromatic N) is 2. The second-order valence-corrected chi connectivity index (χ2v) is 9.56. The van der Waals surface area contributed by atoms with E-state index in [9.17, 15) is 9.59 Å². The number of fused-ring (bicyclic) bond motifs is 3. The normalized spacial score (nSPS) is 15.6. The number of hydrogen-bond acceptors (Lipinski definition) is 7. The van der Waals surface area contributed by atoms with E-state index in [2.05, 4.69) is 26.9 Å². The standard InChI is InChI=1S/C22H23N3O3S2/c1-12-4-9-16-17(10-12)30-21-19(16)20(23-13(2)24-21)29-11-18(26)25-15-7-5-14(6-8-15)22(27)28-3/h5-8,12H,4,9-11H2,1-3H3,(H,25,26)/t12-/m1/s1. The summed E-state index contributed by atoms with van der Waals surface area (Å²) in [7, 11) is 1.34. The maximum Gasteiger partial charge on any atom is 0.337 e. The molecule has 1 atom stereocenters. The molecule has 0 bridgehead atoms. The first-order chi connectivity index (χ1) is 14.4. The number of hydrogen-bond donors (Lipinski definition) is 1. The molecule has 0 aliphatic heterocycles. The number of anilines is 1. The van der Waals surface area contributed by atoms with Crippen molar-refractivity contribution in [3.05, 3.63) is 46.1 Å². The Hall–Kier alpha value is -2.45. The van der Waals surface area contributed by atoms with Gasteiger partial charge >= 0.3 is 5.97 Å². The van der Waals surface area contributed by atoms with Crippen molar-refractivity contribution in [1.82, 2.24) is 9.97 Å². The second kappa shape index (κ2) is 8.73. The second-order valence-electron chi connectivity index (χ2n) is 7.51. The van der Waals surface area contributed by atoms with Crippen LogP contribution in [0.15, 0.2) is 29.3 Å². The first-order valence-corrected chi connectivity index (χ1v) is 11.6. The van der Waals surface area contributed by atoms with Crippen LogP contribution in [0.3, 0.4) is 0 Å². The molecule has 0 unspecified atom stereocenters. The van der Waals surface area contributed by atoms with Crippen LogP contribution < -0.4 is 5.32 Å². The number of carbonyl (C=O) groups excluding carboxylic acids is 2. The summed E-state index contributed by atoms with van der Waals surface area (Å²) >= 11 is 3.22. The van der Waals surface area contributed by atoms with Crippen LogP contribution in [-0.4, -0.2) is 34.7 Å². The largest absolute Gasteiger partial charge is 0.465 e. The fourth-order valence-corrected chi connectivity index (χ4v) is 6.05. The third-order valence-corrected chi connectivity index (χ3v) is 7.29. The Balaban J connectivity index is 1.48. The average Bonchev–Trinajstić information content (AvgIpc) is 3.08. The molecule has 2 aromatic heterocycles. The Labute approximate surface area is 183 Å². The molecule has 30 heavy (non-hydrogen) atoms. The molecule has 2 heterocycles. The van der Waals surface area contributed by atoms with Gasteiger partial charge in [0.15, 0.2) is 0 Å². The van der Waals surface area contributed by atoms with Crippen LogP contribution in [0.4, 0.5) is 5.69 Å². The Morgan fingerprint density at radius 2 is 2.03 bits per heavy atom. The van der Waals surface area contributed by atoms with E-state index in [1.807, 2.05) is 6.92 Å². The molecule has 8 heteroatoms. The topological polar surface area (TPSA) is 81.2 Å². The molecule has 1 aliphatic rings. The molecule has 3 aromatic rings. The number of aromatic nitrogens is 2. The van der Waals surface area contributed by atoms with Crippen molar-refractivity contribution in [1.29, 1.82) is 0 Å². The number of aryl methyl sites for hydroxylation is 2. The summed E-state index contributed by atoms with van der Waals surface area (Å²) in [5.41, 5.74) is 2.45. The maximum atomic E-state index is 12.5. The van der Waals surface area contributed by atoms with E-state index >= 15 is 0 Å². The molecule has 6 nitrogen and oxygen atoms in total. The van der Waals surface area contributed by atoms with Gasteiger partial charge in [-0.15, -0.1) is 11.3 Å². The summed E-state index contributed by atoms with van der Waals surface area (Å²) in [6, 6.07) is 6.64. The Kier molecular flexibility index (Phi) is 6.06. The minimum absolute atomic E-state index is 0.118. The molecule has 4 rings (SSSR count). The average molecular weight is 442 g/mol. The monoisotopic (exact) mass is 441 g/mol. The van der Waals surface area contributed by atoms with Crippen molar-refractivity contribution in [2.24, 2.45) is 5.92 Å². The molecule has 0 saturated carbocycles. The zero-order valence-electron chi connectivity index (χ0n) is 17.2. The maximum absolute atomic E-state index is 12.5. The summed E-state index contributed by atoms with van der Waals surface area (Å²) in [6.45, 7) is 4.19. The lowest BCUT2D eigenvalue weighted by molar-refractivity contribution is -0.113. The molecule has 1 amide bonds. The molecular formula is C22H23N3O3S2. The Bertz CT molecular complexity index is 1110. The number of ether oxygens (including phenoxy) is 1. The smallest absolute Gasteiger partial charge is 0.337 e. The van der Waals surface area contributed by atoms with Gasteiger partial charge in [-0.1, -0.05) is 18.7 Å². The zero-order valence-corrected chi connectivity index (χ0v) is 18.8. The summed E-state index contributed by atoms with van der Waals surface area (Å²) in [6.07, 6.45) is 3.33. The highest BCUT2D eigenvalue weighted by Gasteiger charge is 2.24. The minimum atomic E-state index is -0.403. The van der Waals surface area contributed by atoms with Crippen molar-refractivity contribution in [2.75, 3.05) is 18.2 Å². The Morgan fingerprint density at radius 3 is 2.77 bits per heavy atom. The van der Waals surface area contributed by atoms with Gasteiger partial charge in [0, 0.05) is 16.0 Å². The van der Waals surface area contributed by atoms with E-state index in [-0.39, 0.29) is 11.7 Å². The third kappa shape index (κ3) is 4.34. The van der Waals surface area contributed by atoms with Crippen LogP contribution in [0.25, 0.3) is 10.2 Å². The first-order valence-electron chi connectivity index (χ1n) is 9.84. The minimum Gasteiger partial charge on any atom is -0.465 e. The molecule has 1 N–H and O–H groups in total. The van der Waals surface area contributed by atoms with Crippen LogP contribution in [0, 0.1) is 12.8 Å².